The molecule has 0 radical (unpaired) electrons. The van der Waals surface area contributed by atoms with Crippen molar-refractivity contribution in [3.05, 3.63) is 47.5 Å². The van der Waals surface area contributed by atoms with Crippen molar-refractivity contribution in [2.75, 3.05) is 13.1 Å². The van der Waals surface area contributed by atoms with Crippen molar-refractivity contribution in [2.24, 2.45) is 5.92 Å². The lowest BCUT2D eigenvalue weighted by atomic mass is 9.85. The van der Waals surface area contributed by atoms with Gasteiger partial charge in [-0.25, -0.2) is 4.98 Å². The van der Waals surface area contributed by atoms with Crippen molar-refractivity contribution in [1.82, 2.24) is 14.5 Å². The SMILES string of the molecule is Cc1ccc(O)c(C(=O)N2CCC[C@@H](c3nccn3CC3CCC3)C2)c1. The summed E-state index contributed by atoms with van der Waals surface area (Å²) in [7, 11) is 0. The zero-order chi connectivity index (χ0) is 18.1. The fourth-order valence-corrected chi connectivity index (χ4v) is 4.15. The number of phenols is 1. The number of aryl methyl sites for hydroxylation is 1. The van der Waals surface area contributed by atoms with Gasteiger partial charge in [0.25, 0.3) is 5.91 Å². The van der Waals surface area contributed by atoms with Crippen LogP contribution < -0.4 is 0 Å². The molecule has 2 fully saturated rings. The van der Waals surface area contributed by atoms with E-state index in [1.807, 2.05) is 24.1 Å². The van der Waals surface area contributed by atoms with E-state index < -0.39 is 0 Å². The fourth-order valence-electron chi connectivity index (χ4n) is 4.15. The third-order valence-electron chi connectivity index (χ3n) is 5.88. The lowest BCUT2D eigenvalue weighted by Gasteiger charge is -2.34. The van der Waals surface area contributed by atoms with Crippen molar-refractivity contribution in [2.45, 2.75) is 51.5 Å². The Morgan fingerprint density at radius 1 is 1.27 bits per heavy atom. The van der Waals surface area contributed by atoms with Crippen molar-refractivity contribution in [3.8, 4) is 5.75 Å². The highest BCUT2D eigenvalue weighted by molar-refractivity contribution is 5.97. The number of nitrogens with zero attached hydrogens (tertiary/aromatic N) is 3. The molecule has 1 aromatic carbocycles. The largest absolute Gasteiger partial charge is 0.507 e. The number of likely N-dealkylation sites (tertiary alicyclic amines) is 1. The number of carbonyl (C=O) groups excluding carboxylic acids is 1. The molecule has 1 atom stereocenters. The van der Waals surface area contributed by atoms with Crippen LogP contribution in [-0.4, -0.2) is 38.6 Å². The number of imidazole rings is 1. The molecule has 0 unspecified atom stereocenters. The molecule has 0 spiro atoms. The van der Waals surface area contributed by atoms with Gasteiger partial charge in [0.2, 0.25) is 0 Å². The molecule has 138 valence electrons. The second-order valence-electron chi connectivity index (χ2n) is 7.85. The minimum atomic E-state index is -0.0759. The normalized spacial score (nSPS) is 20.8. The highest BCUT2D eigenvalue weighted by atomic mass is 16.3. The first-order valence-electron chi connectivity index (χ1n) is 9.71. The Balaban J connectivity index is 1.50. The number of piperidine rings is 1. The molecular formula is C21H27N3O2. The molecule has 1 aliphatic carbocycles. The predicted octanol–water partition coefficient (Wildman–Crippen LogP) is 3.72. The number of hydrogen-bond acceptors (Lipinski definition) is 3. The van der Waals surface area contributed by atoms with Crippen LogP contribution in [0.2, 0.25) is 0 Å². The molecule has 1 amide bonds. The molecule has 5 heteroatoms. The number of amides is 1. The molecule has 1 saturated carbocycles. The van der Waals surface area contributed by atoms with E-state index in [2.05, 4.69) is 15.7 Å². The van der Waals surface area contributed by atoms with Crippen molar-refractivity contribution in [3.63, 3.8) is 0 Å². The Morgan fingerprint density at radius 2 is 2.12 bits per heavy atom. The van der Waals surface area contributed by atoms with E-state index in [0.717, 1.165) is 43.2 Å². The number of aromatic hydroxyl groups is 1. The quantitative estimate of drug-likeness (QED) is 0.911. The average molecular weight is 353 g/mol. The molecule has 5 nitrogen and oxygen atoms in total. The van der Waals surface area contributed by atoms with Gasteiger partial charge in [-0.2, -0.15) is 0 Å². The first-order valence-corrected chi connectivity index (χ1v) is 9.71. The molecule has 4 rings (SSSR count). The molecule has 26 heavy (non-hydrogen) atoms. The van der Waals surface area contributed by atoms with E-state index in [1.165, 1.54) is 19.3 Å². The topological polar surface area (TPSA) is 58.4 Å². The summed E-state index contributed by atoms with van der Waals surface area (Å²) in [6.07, 6.45) is 9.99. The molecule has 1 aliphatic heterocycles. The van der Waals surface area contributed by atoms with Crippen molar-refractivity contribution >= 4 is 5.91 Å². The van der Waals surface area contributed by atoms with Crippen LogP contribution in [0.1, 0.15) is 59.8 Å². The second-order valence-corrected chi connectivity index (χ2v) is 7.85. The maximum Gasteiger partial charge on any atom is 0.257 e. The van der Waals surface area contributed by atoms with Crippen LogP contribution in [0.3, 0.4) is 0 Å². The molecule has 0 bridgehead atoms. The number of rotatable bonds is 4. The van der Waals surface area contributed by atoms with Gasteiger partial charge in [-0.1, -0.05) is 18.1 Å². The van der Waals surface area contributed by atoms with Gasteiger partial charge in [0.05, 0.1) is 5.56 Å². The van der Waals surface area contributed by atoms with Gasteiger partial charge in [0, 0.05) is 37.9 Å². The molecule has 1 saturated heterocycles. The maximum absolute atomic E-state index is 12.9. The maximum atomic E-state index is 12.9. The monoisotopic (exact) mass is 353 g/mol. The molecule has 2 aromatic rings. The summed E-state index contributed by atoms with van der Waals surface area (Å²) in [5.41, 5.74) is 1.39. The zero-order valence-electron chi connectivity index (χ0n) is 15.4. The lowest BCUT2D eigenvalue weighted by molar-refractivity contribution is 0.0699. The lowest BCUT2D eigenvalue weighted by Crippen LogP contribution is -2.40. The molecule has 1 N–H and O–H groups in total. The third kappa shape index (κ3) is 3.35. The van der Waals surface area contributed by atoms with E-state index in [1.54, 1.807) is 12.1 Å². The Morgan fingerprint density at radius 3 is 2.88 bits per heavy atom. The van der Waals surface area contributed by atoms with Gasteiger partial charge in [0.15, 0.2) is 0 Å². The summed E-state index contributed by atoms with van der Waals surface area (Å²) in [6, 6.07) is 5.20. The summed E-state index contributed by atoms with van der Waals surface area (Å²) < 4.78 is 2.30. The summed E-state index contributed by atoms with van der Waals surface area (Å²) in [5, 5.41) is 10.1. The van der Waals surface area contributed by atoms with Gasteiger partial charge in [-0.3, -0.25) is 4.79 Å². The first-order chi connectivity index (χ1) is 12.6. The Labute approximate surface area is 154 Å². The van der Waals surface area contributed by atoms with Crippen molar-refractivity contribution < 1.29 is 9.90 Å². The van der Waals surface area contributed by atoms with Gasteiger partial charge in [-0.15, -0.1) is 0 Å². The zero-order valence-corrected chi connectivity index (χ0v) is 15.4. The number of phenolic OH excluding ortho intramolecular Hbond substituents is 1. The van der Waals surface area contributed by atoms with Crippen molar-refractivity contribution in [1.29, 1.82) is 0 Å². The van der Waals surface area contributed by atoms with Crippen LogP contribution in [-0.2, 0) is 6.54 Å². The molecular weight excluding hydrogens is 326 g/mol. The fraction of sp³-hybridized carbons (Fsp3) is 0.524. The van der Waals surface area contributed by atoms with E-state index in [-0.39, 0.29) is 17.6 Å². The molecule has 1 aromatic heterocycles. The van der Waals surface area contributed by atoms with Gasteiger partial charge in [0.1, 0.15) is 11.6 Å². The van der Waals surface area contributed by atoms with Crippen LogP contribution in [0.25, 0.3) is 0 Å². The predicted molar refractivity (Wildman–Crippen MR) is 100 cm³/mol. The highest BCUT2D eigenvalue weighted by Gasteiger charge is 2.30. The Bertz CT molecular complexity index is 794. The number of carbonyl (C=O) groups is 1. The minimum absolute atomic E-state index is 0.0641. The van der Waals surface area contributed by atoms with Crippen LogP contribution >= 0.6 is 0 Å². The number of aromatic nitrogens is 2. The summed E-state index contributed by atoms with van der Waals surface area (Å²) >= 11 is 0. The molecule has 2 aliphatic rings. The standard InChI is InChI=1S/C21H27N3O2/c1-15-7-8-19(25)18(12-15)21(26)24-10-3-6-17(14-24)20-22-9-11-23(20)13-16-4-2-5-16/h7-9,11-12,16-17,25H,2-6,10,13-14H2,1H3/t17-/m1/s1. The third-order valence-corrected chi connectivity index (χ3v) is 5.88. The van der Waals surface area contributed by atoms with E-state index >= 15 is 0 Å². The Kier molecular flexibility index (Phi) is 4.70. The van der Waals surface area contributed by atoms with Gasteiger partial charge < -0.3 is 14.6 Å². The number of hydrogen-bond donors (Lipinski definition) is 1. The van der Waals surface area contributed by atoms with Crippen LogP contribution in [0.5, 0.6) is 5.75 Å². The van der Waals surface area contributed by atoms with E-state index in [0.29, 0.717) is 12.1 Å². The summed E-state index contributed by atoms with van der Waals surface area (Å²) in [4.78, 5) is 19.4. The minimum Gasteiger partial charge on any atom is -0.507 e. The van der Waals surface area contributed by atoms with Gasteiger partial charge in [-0.05, 0) is 50.7 Å². The second kappa shape index (κ2) is 7.14. The first kappa shape index (κ1) is 17.1. The van der Waals surface area contributed by atoms with Crippen LogP contribution in [0.4, 0.5) is 0 Å². The average Bonchev–Trinajstić information content (AvgIpc) is 3.08. The van der Waals surface area contributed by atoms with E-state index in [9.17, 15) is 9.90 Å². The Hall–Kier alpha value is -2.30. The van der Waals surface area contributed by atoms with Crippen LogP contribution in [0.15, 0.2) is 30.6 Å². The van der Waals surface area contributed by atoms with Crippen LogP contribution in [0, 0.1) is 12.8 Å². The summed E-state index contributed by atoms with van der Waals surface area (Å²) in [5.74, 6) is 2.16. The van der Waals surface area contributed by atoms with Gasteiger partial charge >= 0.3 is 0 Å². The smallest absolute Gasteiger partial charge is 0.257 e. The number of benzene rings is 1. The highest BCUT2D eigenvalue weighted by Crippen LogP contribution is 2.32. The molecule has 2 heterocycles. The summed E-state index contributed by atoms with van der Waals surface area (Å²) in [6.45, 7) is 4.41. The van der Waals surface area contributed by atoms with E-state index in [4.69, 9.17) is 0 Å².